The molecule has 2 aromatic heterocycles. The van der Waals surface area contributed by atoms with Crippen molar-refractivity contribution < 1.29 is 0 Å². The molecule has 0 bridgehead atoms. The van der Waals surface area contributed by atoms with Gasteiger partial charge in [-0.1, -0.05) is 6.07 Å². The number of aromatic amines is 1. The van der Waals surface area contributed by atoms with Gasteiger partial charge in [-0.25, -0.2) is 0 Å². The van der Waals surface area contributed by atoms with Crippen LogP contribution in [0.15, 0.2) is 23.7 Å². The second kappa shape index (κ2) is 4.43. The molecule has 0 aliphatic heterocycles. The summed E-state index contributed by atoms with van der Waals surface area (Å²) in [6.45, 7) is 0. The molecule has 2 heterocycles. The van der Waals surface area contributed by atoms with E-state index in [0.717, 1.165) is 12.0 Å². The Morgan fingerprint density at radius 3 is 3.00 bits per heavy atom. The van der Waals surface area contributed by atoms with Gasteiger partial charge in [0, 0.05) is 16.9 Å². The van der Waals surface area contributed by atoms with Crippen LogP contribution >= 0.6 is 11.3 Å². The summed E-state index contributed by atoms with van der Waals surface area (Å²) in [5.41, 5.74) is 9.39. The molecule has 1 unspecified atom stereocenters. The van der Waals surface area contributed by atoms with Crippen molar-refractivity contribution in [2.75, 3.05) is 5.73 Å². The molecule has 1 atom stereocenters. The summed E-state index contributed by atoms with van der Waals surface area (Å²) < 4.78 is 0. The Balaban J connectivity index is 2.15. The molecule has 2 aromatic rings. The highest BCUT2D eigenvalue weighted by Crippen LogP contribution is 2.23. The summed E-state index contributed by atoms with van der Waals surface area (Å²) in [5, 5.41) is 8.62. The number of anilines is 1. The highest BCUT2D eigenvalue weighted by molar-refractivity contribution is 7.09. The van der Waals surface area contributed by atoms with Crippen molar-refractivity contribution in [1.29, 1.82) is 0 Å². The monoisotopic (exact) mass is 223 g/mol. The number of thiophene rings is 1. The minimum absolute atomic E-state index is 0.00222. The van der Waals surface area contributed by atoms with Gasteiger partial charge in [0.2, 0.25) is 0 Å². The summed E-state index contributed by atoms with van der Waals surface area (Å²) in [7, 11) is 0. The quantitative estimate of drug-likeness (QED) is 0.455. The normalized spacial score (nSPS) is 12.9. The standard InChI is InChI=1S/C9H13N5S/c10-9-7(5-12-14-9)8(13-11)4-6-2-1-3-15-6/h1-3,5,8,13H,4,11H2,(H3,10,12,14). The average molecular weight is 223 g/mol. The average Bonchev–Trinajstić information content (AvgIpc) is 2.85. The number of rotatable bonds is 4. The molecule has 15 heavy (non-hydrogen) atoms. The molecule has 0 amide bonds. The van der Waals surface area contributed by atoms with Crippen LogP contribution in [0.1, 0.15) is 16.5 Å². The molecule has 0 radical (unpaired) electrons. The predicted molar refractivity (Wildman–Crippen MR) is 61.1 cm³/mol. The zero-order valence-corrected chi connectivity index (χ0v) is 8.92. The summed E-state index contributed by atoms with van der Waals surface area (Å²) in [6, 6.07) is 4.10. The van der Waals surface area contributed by atoms with E-state index < -0.39 is 0 Å². The third kappa shape index (κ3) is 2.17. The first-order valence-electron chi connectivity index (χ1n) is 4.58. The van der Waals surface area contributed by atoms with Crippen LogP contribution in [0.4, 0.5) is 5.82 Å². The van der Waals surface area contributed by atoms with Crippen LogP contribution in [-0.2, 0) is 6.42 Å². The summed E-state index contributed by atoms with van der Waals surface area (Å²) >= 11 is 1.70. The maximum absolute atomic E-state index is 5.74. The maximum atomic E-state index is 5.74. The molecule has 6 heteroatoms. The number of H-pyrrole nitrogens is 1. The fraction of sp³-hybridized carbons (Fsp3) is 0.222. The smallest absolute Gasteiger partial charge is 0.123 e. The van der Waals surface area contributed by atoms with Gasteiger partial charge in [0.05, 0.1) is 12.2 Å². The second-order valence-corrected chi connectivity index (χ2v) is 4.27. The molecule has 0 aromatic carbocycles. The molecule has 0 saturated carbocycles. The number of nitrogens with two attached hydrogens (primary N) is 2. The molecular weight excluding hydrogens is 210 g/mol. The van der Waals surface area contributed by atoms with Crippen LogP contribution in [0.25, 0.3) is 0 Å². The number of nitrogen functional groups attached to an aromatic ring is 1. The summed E-state index contributed by atoms with van der Waals surface area (Å²) in [6.07, 6.45) is 2.52. The molecule has 6 N–H and O–H groups in total. The van der Waals surface area contributed by atoms with Gasteiger partial charge in [-0.3, -0.25) is 16.4 Å². The SMILES string of the molecule is NNC(Cc1cccs1)c1cn[nH]c1N. The minimum atomic E-state index is 0.00222. The Morgan fingerprint density at radius 1 is 1.60 bits per heavy atom. The Morgan fingerprint density at radius 2 is 2.47 bits per heavy atom. The van der Waals surface area contributed by atoms with Gasteiger partial charge in [-0.15, -0.1) is 11.3 Å². The molecule has 0 fully saturated rings. The predicted octanol–water partition coefficient (Wildman–Crippen LogP) is 0.800. The van der Waals surface area contributed by atoms with Crippen molar-refractivity contribution in [3.8, 4) is 0 Å². The molecule has 0 aliphatic rings. The number of hydrazine groups is 1. The van der Waals surface area contributed by atoms with E-state index in [-0.39, 0.29) is 6.04 Å². The largest absolute Gasteiger partial charge is 0.384 e. The third-order valence-corrected chi connectivity index (χ3v) is 3.16. The van der Waals surface area contributed by atoms with Crippen LogP contribution in [0.2, 0.25) is 0 Å². The van der Waals surface area contributed by atoms with Crippen molar-refractivity contribution in [1.82, 2.24) is 15.6 Å². The van der Waals surface area contributed by atoms with E-state index in [1.54, 1.807) is 17.5 Å². The van der Waals surface area contributed by atoms with E-state index in [1.807, 2.05) is 11.4 Å². The second-order valence-electron chi connectivity index (χ2n) is 3.24. The molecule has 0 spiro atoms. The van der Waals surface area contributed by atoms with Crippen molar-refractivity contribution in [2.45, 2.75) is 12.5 Å². The topological polar surface area (TPSA) is 92.7 Å². The van der Waals surface area contributed by atoms with Crippen LogP contribution in [0.3, 0.4) is 0 Å². The maximum Gasteiger partial charge on any atom is 0.123 e. The van der Waals surface area contributed by atoms with Gasteiger partial charge in [-0.05, 0) is 11.4 Å². The molecule has 2 rings (SSSR count). The lowest BCUT2D eigenvalue weighted by Crippen LogP contribution is -2.29. The van der Waals surface area contributed by atoms with E-state index in [0.29, 0.717) is 5.82 Å². The Kier molecular flexibility index (Phi) is 3.00. The van der Waals surface area contributed by atoms with E-state index in [9.17, 15) is 0 Å². The van der Waals surface area contributed by atoms with Crippen LogP contribution in [0, 0.1) is 0 Å². The Hall–Kier alpha value is -1.37. The van der Waals surface area contributed by atoms with Gasteiger partial charge < -0.3 is 5.73 Å². The number of nitrogens with one attached hydrogen (secondary N) is 2. The molecule has 80 valence electrons. The van der Waals surface area contributed by atoms with Crippen LogP contribution in [0.5, 0.6) is 0 Å². The molecule has 5 nitrogen and oxygen atoms in total. The van der Waals surface area contributed by atoms with Crippen molar-refractivity contribution >= 4 is 17.2 Å². The van der Waals surface area contributed by atoms with Gasteiger partial charge in [0.15, 0.2) is 0 Å². The first-order valence-corrected chi connectivity index (χ1v) is 5.46. The third-order valence-electron chi connectivity index (χ3n) is 2.26. The highest BCUT2D eigenvalue weighted by Gasteiger charge is 2.15. The lowest BCUT2D eigenvalue weighted by atomic mass is 10.1. The first-order chi connectivity index (χ1) is 7.31. The fourth-order valence-corrected chi connectivity index (χ4v) is 2.22. The first kappa shape index (κ1) is 10.2. The molecular formula is C9H13N5S. The number of nitrogens with zero attached hydrogens (tertiary/aromatic N) is 1. The zero-order valence-electron chi connectivity index (χ0n) is 8.10. The van der Waals surface area contributed by atoms with Crippen molar-refractivity contribution in [2.24, 2.45) is 5.84 Å². The van der Waals surface area contributed by atoms with Gasteiger partial charge >= 0.3 is 0 Å². The minimum Gasteiger partial charge on any atom is -0.384 e. The fourth-order valence-electron chi connectivity index (χ4n) is 1.47. The molecule has 0 aliphatic carbocycles. The van der Waals surface area contributed by atoms with E-state index in [1.165, 1.54) is 4.88 Å². The Labute approximate surface area is 91.5 Å². The van der Waals surface area contributed by atoms with Crippen molar-refractivity contribution in [3.63, 3.8) is 0 Å². The van der Waals surface area contributed by atoms with E-state index in [2.05, 4.69) is 21.7 Å². The highest BCUT2D eigenvalue weighted by atomic mass is 32.1. The zero-order chi connectivity index (χ0) is 10.7. The summed E-state index contributed by atoms with van der Waals surface area (Å²) in [4.78, 5) is 1.26. The lowest BCUT2D eigenvalue weighted by Gasteiger charge is -2.13. The van der Waals surface area contributed by atoms with Gasteiger partial charge in [-0.2, -0.15) is 5.10 Å². The number of aromatic nitrogens is 2. The number of hydrogen-bond donors (Lipinski definition) is 4. The molecule has 0 saturated heterocycles. The van der Waals surface area contributed by atoms with Gasteiger partial charge in [0.25, 0.3) is 0 Å². The van der Waals surface area contributed by atoms with Gasteiger partial charge in [0.1, 0.15) is 5.82 Å². The Bertz CT molecular complexity index is 408. The van der Waals surface area contributed by atoms with Crippen LogP contribution in [-0.4, -0.2) is 10.2 Å². The van der Waals surface area contributed by atoms with Crippen molar-refractivity contribution in [3.05, 3.63) is 34.2 Å². The lowest BCUT2D eigenvalue weighted by molar-refractivity contribution is 0.557. The van der Waals surface area contributed by atoms with Crippen LogP contribution < -0.4 is 17.0 Å². The number of hydrogen-bond acceptors (Lipinski definition) is 5. The summed E-state index contributed by atoms with van der Waals surface area (Å²) in [5.74, 6) is 6.07. The van der Waals surface area contributed by atoms with E-state index in [4.69, 9.17) is 11.6 Å². The van der Waals surface area contributed by atoms with E-state index >= 15 is 0 Å².